The van der Waals surface area contributed by atoms with Crippen molar-refractivity contribution in [2.45, 2.75) is 167 Å². The zero-order valence-electron chi connectivity index (χ0n) is 31.4. The van der Waals surface area contributed by atoms with E-state index in [4.69, 9.17) is 23.7 Å². The lowest BCUT2D eigenvalue weighted by atomic mass is 9.78. The molecule has 17 atom stereocenters. The molecule has 3 aliphatic heterocycles. The third kappa shape index (κ3) is 9.29. The molecular weight excluding hydrogens is 638 g/mol. The summed E-state index contributed by atoms with van der Waals surface area (Å²) >= 11 is 0. The number of ether oxygens (including phenoxy) is 5. The lowest BCUT2D eigenvalue weighted by Crippen LogP contribution is -2.58. The maximum absolute atomic E-state index is 14.0. The first-order valence-corrected chi connectivity index (χ1v) is 17.7. The number of carbonyl (C=O) groups is 2. The summed E-state index contributed by atoms with van der Waals surface area (Å²) in [6.07, 6.45) is -7.57. The largest absolute Gasteiger partial charge is 0.459 e. The fraction of sp³-hybridized carbons (Fsp3) is 0.889. The minimum absolute atomic E-state index is 0.0990. The molecule has 0 aromatic carbocycles. The second-order valence-electron chi connectivity index (χ2n) is 15.5. The second kappa shape index (κ2) is 16.4. The number of ketones is 1. The monoisotopic (exact) mass is 701 g/mol. The van der Waals surface area contributed by atoms with Gasteiger partial charge >= 0.3 is 5.97 Å². The van der Waals surface area contributed by atoms with E-state index in [1.165, 1.54) is 20.8 Å². The molecular formula is C36H63NO12. The molecule has 2 fully saturated rings. The molecule has 0 spiro atoms. The molecule has 3 rings (SSSR count). The number of likely N-dealkylation sites (N-methyl/N-ethyl adjacent to an activating group) is 1. The van der Waals surface area contributed by atoms with Gasteiger partial charge in [0.15, 0.2) is 12.6 Å². The smallest absolute Gasteiger partial charge is 0.311 e. The fourth-order valence-corrected chi connectivity index (χ4v) is 7.73. The first-order chi connectivity index (χ1) is 22.5. The summed E-state index contributed by atoms with van der Waals surface area (Å²) in [5.41, 5.74) is -2.91. The number of hydrogen-bond acceptors (Lipinski definition) is 13. The van der Waals surface area contributed by atoms with Crippen molar-refractivity contribution in [1.82, 2.24) is 4.90 Å². The maximum Gasteiger partial charge on any atom is 0.311 e. The standard InChI is InChI=1S/C36H63NO12/c1-13-25-36(10,44)31(40)20(5)27(38)17(2)14-18(3)29(49-34-28(39)24(37(11)12)15-19(4)45-34)21(6)30(22(7)33(42)47-25)48-26-16-35(9,43)32(41)23(8)46-26/h14,17,19-26,28-32,34,39-41,43-44H,13,15-16H2,1-12H3/b18-14+/t17-,19-,20+,21-,22-,23+,24+,25?,26+,28-,29+,30?,31-,32+,34+,35-,36-/m1/s1. The van der Waals surface area contributed by atoms with Crippen LogP contribution >= 0.6 is 0 Å². The van der Waals surface area contributed by atoms with Gasteiger partial charge < -0.3 is 54.1 Å². The van der Waals surface area contributed by atoms with Crippen LogP contribution in [0.3, 0.4) is 0 Å². The van der Waals surface area contributed by atoms with E-state index in [-0.39, 0.29) is 30.8 Å². The molecule has 0 saturated carbocycles. The van der Waals surface area contributed by atoms with Crippen LogP contribution in [0.15, 0.2) is 11.6 Å². The minimum Gasteiger partial charge on any atom is -0.459 e. The topological polar surface area (TPSA) is 185 Å². The lowest BCUT2D eigenvalue weighted by Gasteiger charge is -2.46. The van der Waals surface area contributed by atoms with E-state index in [1.807, 2.05) is 32.8 Å². The molecule has 13 heteroatoms. The molecule has 3 aliphatic rings. The Kier molecular flexibility index (Phi) is 14.1. The van der Waals surface area contributed by atoms with E-state index >= 15 is 0 Å². The van der Waals surface area contributed by atoms with Gasteiger partial charge in [0.1, 0.15) is 29.7 Å². The number of rotatable bonds is 6. The average molecular weight is 702 g/mol. The van der Waals surface area contributed by atoms with Gasteiger partial charge in [-0.2, -0.15) is 0 Å². The molecule has 2 unspecified atom stereocenters. The van der Waals surface area contributed by atoms with Gasteiger partial charge in [-0.05, 0) is 74.1 Å². The lowest BCUT2D eigenvalue weighted by molar-refractivity contribution is -0.301. The van der Waals surface area contributed by atoms with Gasteiger partial charge in [-0.3, -0.25) is 9.59 Å². The van der Waals surface area contributed by atoms with Gasteiger partial charge in [0.05, 0.1) is 42.0 Å². The van der Waals surface area contributed by atoms with Crippen molar-refractivity contribution in [3.63, 3.8) is 0 Å². The molecule has 0 bridgehead atoms. The van der Waals surface area contributed by atoms with E-state index in [9.17, 15) is 35.1 Å². The zero-order valence-corrected chi connectivity index (χ0v) is 31.4. The highest BCUT2D eigenvalue weighted by Crippen LogP contribution is 2.37. The highest BCUT2D eigenvalue weighted by atomic mass is 16.7. The van der Waals surface area contributed by atoms with Gasteiger partial charge in [-0.15, -0.1) is 0 Å². The van der Waals surface area contributed by atoms with E-state index < -0.39 is 96.2 Å². The Morgan fingerprint density at radius 2 is 1.55 bits per heavy atom. The molecule has 5 N–H and O–H groups in total. The summed E-state index contributed by atoms with van der Waals surface area (Å²) < 4.78 is 31.2. The molecule has 3 heterocycles. The van der Waals surface area contributed by atoms with Crippen LogP contribution in [0.2, 0.25) is 0 Å². The number of allylic oxidation sites excluding steroid dienone is 1. The van der Waals surface area contributed by atoms with Gasteiger partial charge in [-0.25, -0.2) is 0 Å². The summed E-state index contributed by atoms with van der Waals surface area (Å²) in [5.74, 6) is -4.46. The number of esters is 1. The number of carbonyl (C=O) groups excluding carboxylic acids is 2. The summed E-state index contributed by atoms with van der Waals surface area (Å²) in [5, 5.41) is 55.7. The maximum atomic E-state index is 14.0. The zero-order chi connectivity index (χ0) is 37.3. The third-order valence-electron chi connectivity index (χ3n) is 11.0. The Labute approximate surface area is 291 Å². The van der Waals surface area contributed by atoms with E-state index in [1.54, 1.807) is 40.7 Å². The highest BCUT2D eigenvalue weighted by molar-refractivity contribution is 5.85. The first-order valence-electron chi connectivity index (χ1n) is 17.7. The SMILES string of the molecule is CCC1OC(=O)[C@H](C)C(O[C@H]2C[C@@](C)(O)[C@@H](O)[C@H](C)O2)[C@H](C)[C@@H](O[C@@H]2O[C@H](C)C[C@H](N(C)C)[C@H]2O)/C(C)=C/[C@@H](C)C(=O)[C@H](C)[C@@H](O)[C@]1(C)O. The van der Waals surface area contributed by atoms with E-state index in [0.717, 1.165) is 0 Å². The summed E-state index contributed by atoms with van der Waals surface area (Å²) in [7, 11) is 3.74. The molecule has 0 aromatic rings. The van der Waals surface area contributed by atoms with Gasteiger partial charge in [0.25, 0.3) is 0 Å². The van der Waals surface area contributed by atoms with Gasteiger partial charge in [-0.1, -0.05) is 33.8 Å². The summed E-state index contributed by atoms with van der Waals surface area (Å²) in [6.45, 7) is 16.5. The van der Waals surface area contributed by atoms with Crippen LogP contribution in [-0.4, -0.2) is 135 Å². The van der Waals surface area contributed by atoms with Crippen LogP contribution in [-0.2, 0) is 33.3 Å². The predicted octanol–water partition coefficient (Wildman–Crippen LogP) is 1.94. The molecule has 49 heavy (non-hydrogen) atoms. The number of hydrogen-bond donors (Lipinski definition) is 5. The van der Waals surface area contributed by atoms with Crippen LogP contribution in [0.5, 0.6) is 0 Å². The highest BCUT2D eigenvalue weighted by Gasteiger charge is 2.50. The van der Waals surface area contributed by atoms with Crippen LogP contribution in [0.1, 0.15) is 88.5 Å². The summed E-state index contributed by atoms with van der Waals surface area (Å²) in [6, 6.07) is -0.264. The number of Topliss-reactive ketones (excluding diaryl/α,β-unsaturated/α-hetero) is 1. The average Bonchev–Trinajstić information content (AvgIpc) is 3.02. The van der Waals surface area contributed by atoms with Crippen LogP contribution in [0.4, 0.5) is 0 Å². The predicted molar refractivity (Wildman–Crippen MR) is 180 cm³/mol. The number of nitrogens with zero attached hydrogens (tertiary/aromatic N) is 1. The Morgan fingerprint density at radius 1 is 0.939 bits per heavy atom. The molecule has 0 aromatic heterocycles. The van der Waals surface area contributed by atoms with Gasteiger partial charge in [0.2, 0.25) is 0 Å². The first kappa shape index (κ1) is 41.9. The molecule has 2 saturated heterocycles. The van der Waals surface area contributed by atoms with E-state index in [2.05, 4.69) is 0 Å². The quantitative estimate of drug-likeness (QED) is 0.200. The molecule has 0 aliphatic carbocycles. The van der Waals surface area contributed by atoms with E-state index in [0.29, 0.717) is 12.0 Å². The van der Waals surface area contributed by atoms with Crippen molar-refractivity contribution < 1.29 is 58.8 Å². The Morgan fingerprint density at radius 3 is 2.10 bits per heavy atom. The van der Waals surface area contributed by atoms with Crippen molar-refractivity contribution in [1.29, 1.82) is 0 Å². The van der Waals surface area contributed by atoms with Crippen molar-refractivity contribution in [2.24, 2.45) is 23.7 Å². The normalized spacial score (nSPS) is 49.2. The molecule has 13 nitrogen and oxygen atoms in total. The molecule has 284 valence electrons. The van der Waals surface area contributed by atoms with Crippen molar-refractivity contribution >= 4 is 11.8 Å². The van der Waals surface area contributed by atoms with Crippen molar-refractivity contribution in [2.75, 3.05) is 14.1 Å². The van der Waals surface area contributed by atoms with Crippen LogP contribution < -0.4 is 0 Å². The van der Waals surface area contributed by atoms with Crippen molar-refractivity contribution in [3.8, 4) is 0 Å². The summed E-state index contributed by atoms with van der Waals surface area (Å²) in [4.78, 5) is 29.6. The number of aliphatic hydroxyl groups is 5. The number of aliphatic hydroxyl groups excluding tert-OH is 3. The third-order valence-corrected chi connectivity index (χ3v) is 11.0. The van der Waals surface area contributed by atoms with Crippen molar-refractivity contribution in [3.05, 3.63) is 11.6 Å². The molecule has 0 radical (unpaired) electrons. The Balaban J connectivity index is 2.17. The van der Waals surface area contributed by atoms with Gasteiger partial charge in [0, 0.05) is 30.2 Å². The minimum atomic E-state index is -1.96. The molecule has 0 amide bonds. The Bertz CT molecular complexity index is 1160. The second-order valence-corrected chi connectivity index (χ2v) is 15.5. The fourth-order valence-electron chi connectivity index (χ4n) is 7.73. The number of cyclic esters (lactones) is 1. The van der Waals surface area contributed by atoms with Crippen LogP contribution in [0.25, 0.3) is 0 Å². The Hall–Kier alpha value is -1.52. The van der Waals surface area contributed by atoms with Crippen LogP contribution in [0, 0.1) is 23.7 Å².